The lowest BCUT2D eigenvalue weighted by Crippen LogP contribution is -2.28. The molecule has 0 unspecified atom stereocenters. The summed E-state index contributed by atoms with van der Waals surface area (Å²) in [5, 5.41) is 9.04. The fourth-order valence-electron chi connectivity index (χ4n) is 1.87. The van der Waals surface area contributed by atoms with Crippen molar-refractivity contribution in [2.45, 2.75) is 24.3 Å². The number of ether oxygens (including phenoxy) is 1. The molecule has 1 aromatic heterocycles. The predicted octanol–water partition coefficient (Wildman–Crippen LogP) is -0.297. The zero-order valence-electron chi connectivity index (χ0n) is 8.01. The van der Waals surface area contributed by atoms with Gasteiger partial charge in [-0.2, -0.15) is 5.10 Å². The number of sulfonamides is 1. The van der Waals surface area contributed by atoms with Gasteiger partial charge in [0.15, 0.2) is 4.90 Å². The summed E-state index contributed by atoms with van der Waals surface area (Å²) in [6.07, 6.45) is 3.50. The van der Waals surface area contributed by atoms with Crippen LogP contribution < -0.4 is 9.88 Å². The summed E-state index contributed by atoms with van der Waals surface area (Å²) >= 11 is 0. The molecular weight excluding hydrogens is 218 g/mol. The molecule has 15 heavy (non-hydrogen) atoms. The second-order valence-corrected chi connectivity index (χ2v) is 5.84. The highest BCUT2D eigenvalue weighted by atomic mass is 32.2. The van der Waals surface area contributed by atoms with Gasteiger partial charge in [-0.15, -0.1) is 0 Å². The molecule has 0 radical (unpaired) electrons. The van der Waals surface area contributed by atoms with E-state index < -0.39 is 10.0 Å². The number of fused-ring (bicyclic) bond motifs is 1. The van der Waals surface area contributed by atoms with Gasteiger partial charge >= 0.3 is 0 Å². The van der Waals surface area contributed by atoms with E-state index in [0.29, 0.717) is 6.61 Å². The molecule has 1 spiro atoms. The van der Waals surface area contributed by atoms with Crippen LogP contribution in [0.4, 0.5) is 0 Å². The number of nitrogens with two attached hydrogens (primary N) is 1. The fourth-order valence-corrected chi connectivity index (χ4v) is 2.48. The number of hydrogen-bond donors (Lipinski definition) is 1. The van der Waals surface area contributed by atoms with E-state index in [4.69, 9.17) is 9.88 Å². The second kappa shape index (κ2) is 2.53. The molecule has 3 rings (SSSR count). The highest BCUT2D eigenvalue weighted by molar-refractivity contribution is 7.89. The highest BCUT2D eigenvalue weighted by Gasteiger charge is 2.47. The molecule has 2 aliphatic rings. The zero-order valence-corrected chi connectivity index (χ0v) is 8.83. The van der Waals surface area contributed by atoms with Crippen molar-refractivity contribution < 1.29 is 13.2 Å². The topological polar surface area (TPSA) is 87.2 Å². The average Bonchev–Trinajstić information content (AvgIpc) is 2.75. The van der Waals surface area contributed by atoms with Crippen LogP contribution in [-0.2, 0) is 16.6 Å². The van der Waals surface area contributed by atoms with Crippen molar-refractivity contribution in [3.8, 4) is 5.88 Å². The smallest absolute Gasteiger partial charge is 0.245 e. The molecule has 2 N–H and O–H groups in total. The van der Waals surface area contributed by atoms with Gasteiger partial charge in [0.2, 0.25) is 15.9 Å². The molecule has 1 aliphatic heterocycles. The maximum absolute atomic E-state index is 11.2. The van der Waals surface area contributed by atoms with Crippen LogP contribution in [0.3, 0.4) is 0 Å². The minimum atomic E-state index is -3.73. The van der Waals surface area contributed by atoms with Crippen LogP contribution in [0.5, 0.6) is 5.88 Å². The molecule has 0 bridgehead atoms. The normalized spacial score (nSPS) is 22.2. The Morgan fingerprint density at radius 1 is 1.53 bits per heavy atom. The lowest BCUT2D eigenvalue weighted by molar-refractivity contribution is 0.144. The Labute approximate surface area is 87.1 Å². The van der Waals surface area contributed by atoms with Gasteiger partial charge in [-0.3, -0.25) is 0 Å². The number of hydrogen-bond acceptors (Lipinski definition) is 4. The summed E-state index contributed by atoms with van der Waals surface area (Å²) in [6, 6.07) is 0. The summed E-state index contributed by atoms with van der Waals surface area (Å²) in [5.41, 5.74) is 0.203. The summed E-state index contributed by atoms with van der Waals surface area (Å²) in [6.45, 7) is 1.30. The van der Waals surface area contributed by atoms with Crippen LogP contribution in [0.25, 0.3) is 0 Å². The van der Waals surface area contributed by atoms with Crippen molar-refractivity contribution >= 4 is 10.0 Å². The molecule has 0 aromatic carbocycles. The van der Waals surface area contributed by atoms with E-state index in [1.807, 2.05) is 0 Å². The van der Waals surface area contributed by atoms with Gasteiger partial charge < -0.3 is 4.74 Å². The van der Waals surface area contributed by atoms with Gasteiger partial charge in [0.05, 0.1) is 19.3 Å². The first-order chi connectivity index (χ1) is 7.00. The second-order valence-electron chi connectivity index (χ2n) is 4.31. The van der Waals surface area contributed by atoms with E-state index in [0.717, 1.165) is 19.4 Å². The summed E-state index contributed by atoms with van der Waals surface area (Å²) in [7, 11) is -3.73. The van der Waals surface area contributed by atoms with Crippen LogP contribution in [0.15, 0.2) is 11.1 Å². The Balaban J connectivity index is 2.06. The van der Waals surface area contributed by atoms with E-state index >= 15 is 0 Å². The van der Waals surface area contributed by atoms with Crippen molar-refractivity contribution in [1.82, 2.24) is 9.78 Å². The number of primary sulfonamides is 1. The quantitative estimate of drug-likeness (QED) is 0.716. The van der Waals surface area contributed by atoms with Gasteiger partial charge in [0.1, 0.15) is 0 Å². The lowest BCUT2D eigenvalue weighted by Gasteiger charge is -2.23. The zero-order chi connectivity index (χ0) is 10.7. The van der Waals surface area contributed by atoms with Crippen molar-refractivity contribution in [2.75, 3.05) is 6.61 Å². The minimum absolute atomic E-state index is 0.0157. The first-order valence-corrected chi connectivity index (χ1v) is 6.26. The molecule has 2 heterocycles. The number of nitrogens with zero attached hydrogens (tertiary/aromatic N) is 2. The SMILES string of the molecule is NS(=O)(=O)c1cnn2c1OCC1(CC1)C2. The Bertz CT molecular complexity index is 515. The molecule has 1 aromatic rings. The third-order valence-electron chi connectivity index (χ3n) is 3.02. The van der Waals surface area contributed by atoms with Gasteiger partial charge in [-0.05, 0) is 12.8 Å². The molecule has 1 fully saturated rings. The fraction of sp³-hybridized carbons (Fsp3) is 0.625. The van der Waals surface area contributed by atoms with Gasteiger partial charge in [-0.25, -0.2) is 18.2 Å². The third kappa shape index (κ3) is 1.34. The monoisotopic (exact) mass is 229 g/mol. The van der Waals surface area contributed by atoms with Gasteiger partial charge in [0, 0.05) is 5.41 Å². The molecule has 6 nitrogen and oxygen atoms in total. The molecule has 0 atom stereocenters. The van der Waals surface area contributed by atoms with Crippen molar-refractivity contribution in [1.29, 1.82) is 0 Å². The number of aromatic nitrogens is 2. The average molecular weight is 229 g/mol. The molecule has 7 heteroatoms. The standard InChI is InChI=1S/C8H11N3O3S/c9-15(12,13)6-3-10-11-4-8(1-2-8)5-14-7(6)11/h3H,1-2,4-5H2,(H2,9,12,13). The Morgan fingerprint density at radius 3 is 2.87 bits per heavy atom. The molecule has 1 aliphatic carbocycles. The Kier molecular flexibility index (Phi) is 1.55. The summed E-state index contributed by atoms with van der Waals surface area (Å²) in [5.74, 6) is 0.287. The highest BCUT2D eigenvalue weighted by Crippen LogP contribution is 2.50. The van der Waals surface area contributed by atoms with Crippen LogP contribution in [-0.4, -0.2) is 24.8 Å². The predicted molar refractivity (Wildman–Crippen MR) is 50.8 cm³/mol. The van der Waals surface area contributed by atoms with Crippen molar-refractivity contribution in [2.24, 2.45) is 10.6 Å². The van der Waals surface area contributed by atoms with Gasteiger partial charge in [-0.1, -0.05) is 0 Å². The summed E-state index contributed by atoms with van der Waals surface area (Å²) < 4.78 is 29.4. The first kappa shape index (κ1) is 9.17. The first-order valence-electron chi connectivity index (χ1n) is 4.72. The third-order valence-corrected chi connectivity index (χ3v) is 3.92. The molecule has 1 saturated carbocycles. The summed E-state index contributed by atoms with van der Waals surface area (Å²) in [4.78, 5) is -0.0157. The van der Waals surface area contributed by atoms with E-state index in [-0.39, 0.29) is 16.2 Å². The van der Waals surface area contributed by atoms with E-state index in [1.165, 1.54) is 6.20 Å². The van der Waals surface area contributed by atoms with Crippen molar-refractivity contribution in [3.05, 3.63) is 6.20 Å². The van der Waals surface area contributed by atoms with Crippen LogP contribution in [0.2, 0.25) is 0 Å². The Morgan fingerprint density at radius 2 is 2.27 bits per heavy atom. The van der Waals surface area contributed by atoms with Crippen LogP contribution >= 0.6 is 0 Å². The lowest BCUT2D eigenvalue weighted by atomic mass is 10.1. The largest absolute Gasteiger partial charge is 0.476 e. The molecule has 82 valence electrons. The van der Waals surface area contributed by atoms with E-state index in [1.54, 1.807) is 4.68 Å². The molecule has 0 saturated heterocycles. The van der Waals surface area contributed by atoms with Crippen LogP contribution in [0.1, 0.15) is 12.8 Å². The van der Waals surface area contributed by atoms with Crippen LogP contribution in [0, 0.1) is 5.41 Å². The molecular formula is C8H11N3O3S. The van der Waals surface area contributed by atoms with Crippen molar-refractivity contribution in [3.63, 3.8) is 0 Å². The van der Waals surface area contributed by atoms with E-state index in [9.17, 15) is 8.42 Å². The maximum atomic E-state index is 11.2. The Hall–Kier alpha value is -1.08. The molecule has 0 amide bonds. The number of rotatable bonds is 1. The maximum Gasteiger partial charge on any atom is 0.245 e. The minimum Gasteiger partial charge on any atom is -0.476 e. The van der Waals surface area contributed by atoms with Gasteiger partial charge in [0.25, 0.3) is 0 Å². The van der Waals surface area contributed by atoms with E-state index in [2.05, 4.69) is 5.10 Å².